The molecule has 0 aliphatic rings. The second-order valence-corrected chi connectivity index (χ2v) is 7.97. The number of carboxylic acids is 1. The molecule has 3 aromatic carbocycles. The van der Waals surface area contributed by atoms with Gasteiger partial charge in [-0.1, -0.05) is 36.4 Å². The van der Waals surface area contributed by atoms with Gasteiger partial charge in [-0.15, -0.1) is 0 Å². The maximum absolute atomic E-state index is 11.3. The van der Waals surface area contributed by atoms with Crippen LogP contribution in [0.3, 0.4) is 0 Å². The predicted molar refractivity (Wildman–Crippen MR) is 137 cm³/mol. The molecule has 0 aromatic heterocycles. The van der Waals surface area contributed by atoms with Crippen molar-refractivity contribution in [1.29, 1.82) is 0 Å². The van der Waals surface area contributed by atoms with E-state index in [0.29, 0.717) is 19.6 Å². The zero-order chi connectivity index (χ0) is 25.2. The Morgan fingerprint density at radius 3 is 2.23 bits per heavy atom. The quantitative estimate of drug-likeness (QED) is 0.352. The zero-order valence-electron chi connectivity index (χ0n) is 20.6. The highest BCUT2D eigenvalue weighted by atomic mass is 16.5. The maximum atomic E-state index is 11.3. The number of aliphatic carboxylic acids is 1. The molecule has 184 valence electrons. The molecular formula is C29H32O6. The molecule has 35 heavy (non-hydrogen) atoms. The smallest absolute Gasteiger partial charge is 0.333 e. The van der Waals surface area contributed by atoms with Crippen LogP contribution in [0, 0.1) is 0 Å². The summed E-state index contributed by atoms with van der Waals surface area (Å²) in [7, 11) is 3.31. The van der Waals surface area contributed by atoms with E-state index >= 15 is 0 Å². The van der Waals surface area contributed by atoms with Crippen LogP contribution >= 0.6 is 0 Å². The Morgan fingerprint density at radius 2 is 1.63 bits per heavy atom. The first-order valence-corrected chi connectivity index (χ1v) is 11.5. The van der Waals surface area contributed by atoms with E-state index in [2.05, 4.69) is 24.3 Å². The highest BCUT2D eigenvalue weighted by Gasteiger charge is 2.17. The Balaban J connectivity index is 1.60. The van der Waals surface area contributed by atoms with Gasteiger partial charge in [-0.2, -0.15) is 0 Å². The van der Waals surface area contributed by atoms with Crippen molar-refractivity contribution in [3.05, 3.63) is 83.9 Å². The number of rotatable bonds is 12. The van der Waals surface area contributed by atoms with Crippen molar-refractivity contribution >= 4 is 11.5 Å². The number of hydrogen-bond acceptors (Lipinski definition) is 5. The fourth-order valence-electron chi connectivity index (χ4n) is 3.69. The highest BCUT2D eigenvalue weighted by molar-refractivity contribution is 5.74. The molecule has 6 nitrogen and oxygen atoms in total. The van der Waals surface area contributed by atoms with Crippen LogP contribution < -0.4 is 14.2 Å². The van der Waals surface area contributed by atoms with Gasteiger partial charge in [-0.25, -0.2) is 4.79 Å². The number of allylic oxidation sites excluding steroid dienone is 1. The second kappa shape index (κ2) is 12.6. The average molecular weight is 477 g/mol. The van der Waals surface area contributed by atoms with Crippen molar-refractivity contribution in [2.24, 2.45) is 0 Å². The van der Waals surface area contributed by atoms with E-state index in [-0.39, 0.29) is 0 Å². The Kier molecular flexibility index (Phi) is 9.32. The average Bonchev–Trinajstić information content (AvgIpc) is 2.89. The summed E-state index contributed by atoms with van der Waals surface area (Å²) in [5.41, 5.74) is 5.11. The van der Waals surface area contributed by atoms with Gasteiger partial charge in [-0.3, -0.25) is 0 Å². The molecule has 0 aliphatic heterocycles. The molecule has 6 heteroatoms. The minimum absolute atomic E-state index is 0.320. The van der Waals surface area contributed by atoms with Gasteiger partial charge in [0, 0.05) is 18.6 Å². The molecule has 3 aromatic rings. The number of hydrogen-bond donors (Lipinski definition) is 1. The van der Waals surface area contributed by atoms with E-state index in [0.717, 1.165) is 45.1 Å². The van der Waals surface area contributed by atoms with Crippen molar-refractivity contribution in [2.75, 3.05) is 27.4 Å². The van der Waals surface area contributed by atoms with Gasteiger partial charge >= 0.3 is 5.97 Å². The molecule has 1 unspecified atom stereocenters. The molecule has 0 bridgehead atoms. The summed E-state index contributed by atoms with van der Waals surface area (Å²) in [5.74, 6) is 1.34. The number of carbonyl (C=O) groups is 1. The molecule has 0 heterocycles. The van der Waals surface area contributed by atoms with Gasteiger partial charge in [-0.05, 0) is 72.5 Å². The van der Waals surface area contributed by atoms with Gasteiger partial charge in [0.25, 0.3) is 0 Å². The number of carboxylic acid groups (broad SMARTS) is 1. The summed E-state index contributed by atoms with van der Waals surface area (Å²) < 4.78 is 22.0. The minimum atomic E-state index is -0.955. The zero-order valence-corrected chi connectivity index (χ0v) is 20.6. The molecule has 1 atom stereocenters. The normalized spacial score (nSPS) is 12.2. The molecule has 1 N–H and O–H groups in total. The lowest BCUT2D eigenvalue weighted by atomic mass is 10.00. The van der Waals surface area contributed by atoms with Gasteiger partial charge < -0.3 is 24.1 Å². The molecule has 0 aliphatic carbocycles. The van der Waals surface area contributed by atoms with Crippen LogP contribution in [0.2, 0.25) is 0 Å². The molecule has 0 saturated heterocycles. The standard InChI is InChI=1S/C29H32O6/c1-5-34-28(29(30)31)18-21-6-12-24(13-7-21)35-17-16-20(2)22-8-10-23(11-9-22)26-19-25(32-3)14-15-27(26)33-4/h6-16,19,28H,5,17-18H2,1-4H3,(H,30,31)/b20-16+. The minimum Gasteiger partial charge on any atom is -0.497 e. The Hall–Kier alpha value is -3.77. The van der Waals surface area contributed by atoms with Crippen molar-refractivity contribution in [3.8, 4) is 28.4 Å². The Bertz CT molecular complexity index is 1130. The molecule has 3 rings (SSSR count). The van der Waals surface area contributed by atoms with E-state index in [1.807, 2.05) is 55.5 Å². The highest BCUT2D eigenvalue weighted by Crippen LogP contribution is 2.34. The Labute approximate surface area is 206 Å². The van der Waals surface area contributed by atoms with Gasteiger partial charge in [0.05, 0.1) is 14.2 Å². The van der Waals surface area contributed by atoms with E-state index < -0.39 is 12.1 Å². The van der Waals surface area contributed by atoms with Crippen LogP contribution in [0.5, 0.6) is 17.2 Å². The van der Waals surface area contributed by atoms with Crippen LogP contribution in [0.15, 0.2) is 72.8 Å². The van der Waals surface area contributed by atoms with E-state index in [1.165, 1.54) is 0 Å². The van der Waals surface area contributed by atoms with E-state index in [1.54, 1.807) is 21.1 Å². The van der Waals surface area contributed by atoms with Crippen LogP contribution in [0.25, 0.3) is 16.7 Å². The van der Waals surface area contributed by atoms with Crippen molar-refractivity contribution in [2.45, 2.75) is 26.4 Å². The summed E-state index contributed by atoms with van der Waals surface area (Å²) in [5, 5.41) is 9.23. The molecule has 0 spiro atoms. The van der Waals surface area contributed by atoms with Crippen LogP contribution in [0.1, 0.15) is 25.0 Å². The number of ether oxygens (including phenoxy) is 4. The first-order valence-electron chi connectivity index (χ1n) is 11.5. The van der Waals surface area contributed by atoms with Crippen LogP contribution in [-0.2, 0) is 16.0 Å². The lowest BCUT2D eigenvalue weighted by molar-refractivity contribution is -0.149. The molecule has 0 amide bonds. The SMILES string of the molecule is CCOC(Cc1ccc(OC/C=C(\C)c2ccc(-c3cc(OC)ccc3OC)cc2)cc1)C(=O)O. The topological polar surface area (TPSA) is 74.2 Å². The lowest BCUT2D eigenvalue weighted by Crippen LogP contribution is -2.26. The maximum Gasteiger partial charge on any atom is 0.333 e. The Morgan fingerprint density at radius 1 is 0.943 bits per heavy atom. The fraction of sp³-hybridized carbons (Fsp3) is 0.276. The van der Waals surface area contributed by atoms with Crippen molar-refractivity contribution < 1.29 is 28.8 Å². The summed E-state index contributed by atoms with van der Waals surface area (Å²) in [6.07, 6.45) is 1.51. The lowest BCUT2D eigenvalue weighted by Gasteiger charge is -2.13. The molecule has 0 saturated carbocycles. The van der Waals surface area contributed by atoms with E-state index in [4.69, 9.17) is 18.9 Å². The first-order chi connectivity index (χ1) is 16.9. The van der Waals surface area contributed by atoms with Gasteiger partial charge in [0.1, 0.15) is 23.9 Å². The van der Waals surface area contributed by atoms with Crippen molar-refractivity contribution in [1.82, 2.24) is 0 Å². The third-order valence-electron chi connectivity index (χ3n) is 5.69. The summed E-state index contributed by atoms with van der Waals surface area (Å²) in [4.78, 5) is 11.3. The third kappa shape index (κ3) is 7.11. The summed E-state index contributed by atoms with van der Waals surface area (Å²) in [6, 6.07) is 21.5. The third-order valence-corrected chi connectivity index (χ3v) is 5.69. The summed E-state index contributed by atoms with van der Waals surface area (Å²) >= 11 is 0. The van der Waals surface area contributed by atoms with Crippen molar-refractivity contribution in [3.63, 3.8) is 0 Å². The number of benzene rings is 3. The molecule has 0 radical (unpaired) electrons. The van der Waals surface area contributed by atoms with Crippen LogP contribution in [0.4, 0.5) is 0 Å². The monoisotopic (exact) mass is 476 g/mol. The van der Waals surface area contributed by atoms with Crippen LogP contribution in [-0.4, -0.2) is 44.6 Å². The predicted octanol–water partition coefficient (Wildman–Crippen LogP) is 5.89. The first kappa shape index (κ1) is 25.8. The number of methoxy groups -OCH3 is 2. The molecular weight excluding hydrogens is 444 g/mol. The van der Waals surface area contributed by atoms with Gasteiger partial charge in [0.2, 0.25) is 0 Å². The molecule has 0 fully saturated rings. The largest absolute Gasteiger partial charge is 0.497 e. The fourth-order valence-corrected chi connectivity index (χ4v) is 3.69. The van der Waals surface area contributed by atoms with E-state index in [9.17, 15) is 9.90 Å². The second-order valence-electron chi connectivity index (χ2n) is 7.97. The van der Waals surface area contributed by atoms with Gasteiger partial charge in [0.15, 0.2) is 6.10 Å². The summed E-state index contributed by atoms with van der Waals surface area (Å²) in [6.45, 7) is 4.62.